The van der Waals surface area contributed by atoms with Crippen LogP contribution in [0.4, 0.5) is 0 Å². The van der Waals surface area contributed by atoms with E-state index in [0.717, 1.165) is 4.90 Å². The van der Waals surface area contributed by atoms with Crippen molar-refractivity contribution in [2.75, 3.05) is 27.2 Å². The minimum atomic E-state index is -1.04. The smallest absolute Gasteiger partial charge is 0.239 e. The van der Waals surface area contributed by atoms with Crippen molar-refractivity contribution in [3.63, 3.8) is 0 Å². The maximum atomic E-state index is 11.5. The van der Waals surface area contributed by atoms with Crippen molar-refractivity contribution in [3.05, 3.63) is 5.73 Å². The number of nitrogens with one attached hydrogen (secondary N) is 3. The fraction of sp³-hybridized carbons (Fsp3) is 0.643. The Morgan fingerprint density at radius 3 is 1.67 bits per heavy atom. The van der Waals surface area contributed by atoms with E-state index in [9.17, 15) is 24.0 Å². The molecule has 10 heteroatoms. The summed E-state index contributed by atoms with van der Waals surface area (Å²) in [6.45, 7) is 2.96. The molecule has 0 heterocycles. The number of nitrogens with zero attached hydrogens (tertiary/aromatic N) is 1. The summed E-state index contributed by atoms with van der Waals surface area (Å²) in [4.78, 5) is 55.4. The van der Waals surface area contributed by atoms with E-state index in [1.54, 1.807) is 14.0 Å². The third-order valence-corrected chi connectivity index (χ3v) is 2.64. The normalized spacial score (nSPS) is 8.67. The minimum absolute atomic E-state index is 0. The van der Waals surface area contributed by atoms with Gasteiger partial charge in [-0.15, -0.1) is 0 Å². The van der Waals surface area contributed by atoms with Gasteiger partial charge in [-0.2, -0.15) is 0 Å². The number of amides is 4. The number of hydrogen-bond donors (Lipinski definition) is 2. The Balaban J connectivity index is -0.000000538. The zero-order valence-electron chi connectivity index (χ0n) is 14.4. The third kappa shape index (κ3) is 15.1. The van der Waals surface area contributed by atoms with Gasteiger partial charge < -0.3 is 26.1 Å². The van der Waals surface area contributed by atoms with Crippen LogP contribution in [0.2, 0.25) is 0 Å². The first-order valence-electron chi connectivity index (χ1n) is 7.16. The topological polar surface area (TPSA) is 136 Å². The summed E-state index contributed by atoms with van der Waals surface area (Å²) >= 11 is 0. The quantitative estimate of drug-likeness (QED) is 0.428. The van der Waals surface area contributed by atoms with Gasteiger partial charge in [0.25, 0.3) is 0 Å². The molecule has 4 amide bonds. The second-order valence-electron chi connectivity index (χ2n) is 4.44. The second-order valence-corrected chi connectivity index (χ2v) is 4.44. The predicted octanol–water partition coefficient (Wildman–Crippen LogP) is -0.351. The van der Waals surface area contributed by atoms with Gasteiger partial charge in [0.2, 0.25) is 17.7 Å². The first kappa shape index (κ1) is 27.1. The van der Waals surface area contributed by atoms with Crippen LogP contribution in [0.5, 0.6) is 0 Å². The van der Waals surface area contributed by atoms with Gasteiger partial charge in [0.05, 0.1) is 25.4 Å². The van der Waals surface area contributed by atoms with E-state index in [1.807, 2.05) is 6.92 Å². The fourth-order valence-corrected chi connectivity index (χ4v) is 1.24. The predicted molar refractivity (Wildman–Crippen MR) is 84.2 cm³/mol. The van der Waals surface area contributed by atoms with E-state index in [1.165, 1.54) is 7.05 Å². The second kappa shape index (κ2) is 16.1. The molecule has 0 aliphatic heterocycles. The molecule has 138 valence electrons. The number of carbonyl (C=O) groups excluding carboxylic acids is 5. The van der Waals surface area contributed by atoms with Gasteiger partial charge in [0, 0.05) is 48.0 Å². The van der Waals surface area contributed by atoms with E-state index in [4.69, 9.17) is 5.73 Å². The van der Waals surface area contributed by atoms with Crippen molar-refractivity contribution in [2.24, 2.45) is 0 Å². The maximum absolute atomic E-state index is 11.5. The zero-order chi connectivity index (χ0) is 18.4. The molecule has 0 aliphatic rings. The van der Waals surface area contributed by atoms with E-state index >= 15 is 0 Å². The van der Waals surface area contributed by atoms with Gasteiger partial charge in [-0.25, -0.2) is 0 Å². The minimum Gasteiger partial charge on any atom is -0.667 e. The summed E-state index contributed by atoms with van der Waals surface area (Å²) in [6, 6.07) is 0. The molecule has 0 spiro atoms. The Bertz CT molecular complexity index is 419. The van der Waals surface area contributed by atoms with Crippen molar-refractivity contribution in [2.45, 2.75) is 33.1 Å². The molecule has 0 fully saturated rings. The molecule has 0 aromatic carbocycles. The van der Waals surface area contributed by atoms with Crippen LogP contribution in [0.1, 0.15) is 33.1 Å². The van der Waals surface area contributed by atoms with Crippen molar-refractivity contribution >= 4 is 29.4 Å². The van der Waals surface area contributed by atoms with E-state index in [-0.39, 0.29) is 52.3 Å². The number of Topliss-reactive ketones (excluding diaryl/α,β-unsaturated/α-hetero) is 1. The molecule has 0 saturated carbocycles. The Morgan fingerprint density at radius 1 is 0.875 bits per heavy atom. The van der Waals surface area contributed by atoms with Gasteiger partial charge in [-0.3, -0.25) is 19.2 Å². The van der Waals surface area contributed by atoms with Crippen LogP contribution in [0.15, 0.2) is 0 Å². The molecule has 0 rings (SSSR count). The Kier molecular flexibility index (Phi) is 18.2. The monoisotopic (exact) mass is 513 g/mol. The van der Waals surface area contributed by atoms with Crippen LogP contribution in [0.25, 0.3) is 5.73 Å². The summed E-state index contributed by atoms with van der Waals surface area (Å²) in [5.41, 5.74) is 6.68. The molecule has 9 nitrogen and oxygen atoms in total. The third-order valence-electron chi connectivity index (χ3n) is 2.64. The summed E-state index contributed by atoms with van der Waals surface area (Å²) in [5, 5.41) is 4.79. The molecule has 0 aromatic rings. The first-order valence-corrected chi connectivity index (χ1v) is 7.16. The number of likely N-dealkylation sites (N-methyl/N-ethyl adjacent to an activating group) is 1. The molecular weight excluding hydrogens is 488 g/mol. The van der Waals surface area contributed by atoms with E-state index in [2.05, 4.69) is 10.6 Å². The molecule has 0 radical (unpaired) electrons. The number of hydrogen-bond acceptors (Lipinski definition) is 5. The number of rotatable bonds is 8. The van der Waals surface area contributed by atoms with Crippen LogP contribution in [0.3, 0.4) is 0 Å². The summed E-state index contributed by atoms with van der Waals surface area (Å²) in [5.74, 6) is -2.27. The molecular formula is C14H25N4O5W-. The Morgan fingerprint density at radius 2 is 1.38 bits per heavy atom. The first-order chi connectivity index (χ1) is 10.7. The molecule has 0 unspecified atom stereocenters. The summed E-state index contributed by atoms with van der Waals surface area (Å²) < 4.78 is 0. The molecule has 0 bridgehead atoms. The summed E-state index contributed by atoms with van der Waals surface area (Å²) in [6.07, 6.45) is 0.205. The van der Waals surface area contributed by atoms with Crippen LogP contribution in [0, 0.1) is 0 Å². The Labute approximate surface area is 156 Å². The van der Waals surface area contributed by atoms with Crippen LogP contribution < -0.4 is 10.6 Å². The Hall–Kier alpha value is -1.76. The zero-order valence-corrected chi connectivity index (χ0v) is 17.4. The van der Waals surface area contributed by atoms with Crippen LogP contribution in [-0.4, -0.2) is 61.5 Å². The molecule has 24 heavy (non-hydrogen) atoms. The number of ketones is 1. The average molecular weight is 513 g/mol. The van der Waals surface area contributed by atoms with Gasteiger partial charge in [-0.1, -0.05) is 13.8 Å². The largest absolute Gasteiger partial charge is 0.667 e. The molecule has 0 aliphatic carbocycles. The SMILES string of the molecule is CCC(=O)CN(CC(=O)NC)C(=O)CC([NH-])=O.CCC(=O)NC.[W]. The molecule has 3 N–H and O–H groups in total. The molecule has 0 aromatic heterocycles. The van der Waals surface area contributed by atoms with Crippen LogP contribution in [-0.2, 0) is 45.0 Å². The van der Waals surface area contributed by atoms with Crippen molar-refractivity contribution in [1.82, 2.24) is 15.5 Å². The van der Waals surface area contributed by atoms with Crippen molar-refractivity contribution in [3.8, 4) is 0 Å². The van der Waals surface area contributed by atoms with E-state index in [0.29, 0.717) is 6.42 Å². The molecule has 0 atom stereocenters. The van der Waals surface area contributed by atoms with Gasteiger partial charge in [0.1, 0.15) is 0 Å². The van der Waals surface area contributed by atoms with Crippen LogP contribution >= 0.6 is 0 Å². The van der Waals surface area contributed by atoms with Gasteiger partial charge >= 0.3 is 0 Å². The van der Waals surface area contributed by atoms with Crippen molar-refractivity contribution in [1.29, 1.82) is 0 Å². The van der Waals surface area contributed by atoms with E-state index < -0.39 is 24.1 Å². The van der Waals surface area contributed by atoms with Gasteiger partial charge in [-0.05, 0) is 0 Å². The number of carbonyl (C=O) groups is 5. The van der Waals surface area contributed by atoms with Gasteiger partial charge in [0.15, 0.2) is 5.78 Å². The maximum Gasteiger partial charge on any atom is 0.239 e. The average Bonchev–Trinajstić information content (AvgIpc) is 2.52. The van der Waals surface area contributed by atoms with Crippen molar-refractivity contribution < 1.29 is 45.0 Å². The summed E-state index contributed by atoms with van der Waals surface area (Å²) in [7, 11) is 3.04. The standard InChI is InChI=1S/C10H17N3O4.C4H9NO.W/c1-3-7(14)5-13(6-9(16)12-2)10(17)4-8(11)15;1-3-4(6)5-2;/h3-6H2,1-2H3,(H3,11,12,15,16);3H2,1-2H3,(H,5,6);/p-1. The fourth-order valence-electron chi connectivity index (χ4n) is 1.24. The molecule has 0 saturated heterocycles.